The molecule has 0 N–H and O–H groups in total. The van der Waals surface area contributed by atoms with Crippen LogP contribution < -0.4 is 0 Å². The molecule has 1 aliphatic heterocycles. The van der Waals surface area contributed by atoms with Crippen molar-refractivity contribution in [1.29, 1.82) is 5.26 Å². The second kappa shape index (κ2) is 5.28. The van der Waals surface area contributed by atoms with Crippen molar-refractivity contribution in [1.82, 2.24) is 9.80 Å². The van der Waals surface area contributed by atoms with Crippen molar-refractivity contribution in [2.75, 3.05) is 26.2 Å². The smallest absolute Gasteiger partial charge is 0.145 e. The lowest BCUT2D eigenvalue weighted by Gasteiger charge is -2.34. The first-order chi connectivity index (χ1) is 9.28. The highest BCUT2D eigenvalue weighted by atomic mass is 19.1. The van der Waals surface area contributed by atoms with Gasteiger partial charge in [0.1, 0.15) is 11.9 Å². The maximum Gasteiger partial charge on any atom is 0.145 e. The van der Waals surface area contributed by atoms with Gasteiger partial charge in [-0.05, 0) is 18.9 Å². The molecule has 1 saturated heterocycles. The van der Waals surface area contributed by atoms with Gasteiger partial charge < -0.3 is 0 Å². The minimum atomic E-state index is -0.352. The van der Waals surface area contributed by atoms with Gasteiger partial charge in [-0.15, -0.1) is 0 Å². The summed E-state index contributed by atoms with van der Waals surface area (Å²) in [5.74, 6) is -0.352. The molecular weight excluding hydrogens is 241 g/mol. The summed E-state index contributed by atoms with van der Waals surface area (Å²) in [5.41, 5.74) is 0.785. The summed E-state index contributed by atoms with van der Waals surface area (Å²) in [6, 6.07) is 7.80. The van der Waals surface area contributed by atoms with E-state index in [-0.39, 0.29) is 11.4 Å². The Morgan fingerprint density at radius 2 is 1.95 bits per heavy atom. The van der Waals surface area contributed by atoms with E-state index in [9.17, 15) is 4.39 Å². The lowest BCUT2D eigenvalue weighted by molar-refractivity contribution is 0.120. The average Bonchev–Trinajstić information content (AvgIpc) is 3.26. The van der Waals surface area contributed by atoms with Gasteiger partial charge in [-0.3, -0.25) is 9.80 Å². The Kier molecular flexibility index (Phi) is 3.50. The zero-order valence-electron chi connectivity index (χ0n) is 11.0. The molecule has 0 radical (unpaired) electrons. The van der Waals surface area contributed by atoms with Crippen LogP contribution in [-0.4, -0.2) is 42.0 Å². The third kappa shape index (κ3) is 2.78. The van der Waals surface area contributed by atoms with E-state index in [2.05, 4.69) is 9.80 Å². The minimum Gasteiger partial charge on any atom is -0.298 e. The van der Waals surface area contributed by atoms with Crippen LogP contribution in [0, 0.1) is 17.1 Å². The molecule has 0 atom stereocenters. The molecular formula is C15H18FN3. The van der Waals surface area contributed by atoms with Crippen LogP contribution in [0.2, 0.25) is 0 Å². The molecule has 1 aromatic carbocycles. The predicted octanol–water partition coefficient (Wildman–Crippen LogP) is 1.98. The van der Waals surface area contributed by atoms with Gasteiger partial charge in [0, 0.05) is 44.3 Å². The van der Waals surface area contributed by atoms with E-state index >= 15 is 0 Å². The minimum absolute atomic E-state index is 0.147. The van der Waals surface area contributed by atoms with Crippen molar-refractivity contribution in [3.8, 4) is 6.07 Å². The van der Waals surface area contributed by atoms with Gasteiger partial charge >= 0.3 is 0 Å². The number of hydrogen-bond donors (Lipinski definition) is 0. The summed E-state index contributed by atoms with van der Waals surface area (Å²) in [6.07, 6.45) is 2.69. The normalized spacial score (nSPS) is 21.3. The number of nitrogens with zero attached hydrogens (tertiary/aromatic N) is 3. The highest BCUT2D eigenvalue weighted by Crippen LogP contribution is 2.27. The number of benzene rings is 1. The van der Waals surface area contributed by atoms with Crippen LogP contribution in [0.3, 0.4) is 0 Å². The van der Waals surface area contributed by atoms with Crippen molar-refractivity contribution in [2.24, 2.45) is 0 Å². The van der Waals surface area contributed by atoms with Gasteiger partial charge in [0.05, 0.1) is 5.56 Å². The number of rotatable bonds is 3. The molecule has 2 fully saturated rings. The third-order valence-corrected chi connectivity index (χ3v) is 4.06. The van der Waals surface area contributed by atoms with Crippen LogP contribution in [-0.2, 0) is 6.54 Å². The number of nitriles is 1. The zero-order chi connectivity index (χ0) is 13.2. The van der Waals surface area contributed by atoms with Crippen LogP contribution in [0.4, 0.5) is 4.39 Å². The molecule has 2 aliphatic rings. The van der Waals surface area contributed by atoms with Gasteiger partial charge in [0.25, 0.3) is 0 Å². The Morgan fingerprint density at radius 3 is 2.58 bits per heavy atom. The topological polar surface area (TPSA) is 30.3 Å². The van der Waals surface area contributed by atoms with E-state index in [1.807, 2.05) is 6.07 Å². The lowest BCUT2D eigenvalue weighted by atomic mass is 10.1. The summed E-state index contributed by atoms with van der Waals surface area (Å²) in [7, 11) is 0. The Balaban J connectivity index is 1.61. The molecule has 0 spiro atoms. The van der Waals surface area contributed by atoms with Crippen molar-refractivity contribution in [3.63, 3.8) is 0 Å². The molecule has 19 heavy (non-hydrogen) atoms. The fraction of sp³-hybridized carbons (Fsp3) is 0.533. The summed E-state index contributed by atoms with van der Waals surface area (Å²) >= 11 is 0. The molecule has 3 rings (SSSR count). The van der Waals surface area contributed by atoms with Crippen LogP contribution in [0.15, 0.2) is 18.2 Å². The molecule has 0 unspecified atom stereocenters. The second-order valence-corrected chi connectivity index (χ2v) is 5.43. The van der Waals surface area contributed by atoms with E-state index in [1.54, 1.807) is 12.1 Å². The first-order valence-electron chi connectivity index (χ1n) is 6.92. The van der Waals surface area contributed by atoms with Crippen molar-refractivity contribution < 1.29 is 4.39 Å². The standard InChI is InChI=1S/C15H18FN3/c16-15-12(10-17)2-1-3-13(15)11-18-6-8-19(9-7-18)14-4-5-14/h1-3,14H,4-9,11H2. The monoisotopic (exact) mass is 259 g/mol. The van der Waals surface area contributed by atoms with Crippen LogP contribution >= 0.6 is 0 Å². The molecule has 0 bridgehead atoms. The van der Waals surface area contributed by atoms with Crippen molar-refractivity contribution in [2.45, 2.75) is 25.4 Å². The predicted molar refractivity (Wildman–Crippen MR) is 71.0 cm³/mol. The van der Waals surface area contributed by atoms with Gasteiger partial charge in [0.2, 0.25) is 0 Å². The quantitative estimate of drug-likeness (QED) is 0.831. The Bertz CT molecular complexity index is 497. The molecule has 1 heterocycles. The fourth-order valence-corrected chi connectivity index (χ4v) is 2.76. The Labute approximate surface area is 113 Å². The average molecular weight is 259 g/mol. The zero-order valence-corrected chi connectivity index (χ0v) is 11.0. The van der Waals surface area contributed by atoms with Crippen LogP contribution in [0.1, 0.15) is 24.0 Å². The van der Waals surface area contributed by atoms with E-state index in [0.29, 0.717) is 12.1 Å². The van der Waals surface area contributed by atoms with Crippen molar-refractivity contribution >= 4 is 0 Å². The SMILES string of the molecule is N#Cc1cccc(CN2CCN(C3CC3)CC2)c1F. The first-order valence-corrected chi connectivity index (χ1v) is 6.92. The summed E-state index contributed by atoms with van der Waals surface area (Å²) in [6.45, 7) is 4.77. The van der Waals surface area contributed by atoms with Gasteiger partial charge in [-0.1, -0.05) is 12.1 Å². The molecule has 1 saturated carbocycles. The fourth-order valence-electron chi connectivity index (χ4n) is 2.76. The van der Waals surface area contributed by atoms with Gasteiger partial charge in [-0.2, -0.15) is 5.26 Å². The number of hydrogen-bond acceptors (Lipinski definition) is 3. The summed E-state index contributed by atoms with van der Waals surface area (Å²) < 4.78 is 14.0. The van der Waals surface area contributed by atoms with Gasteiger partial charge in [-0.25, -0.2) is 4.39 Å². The second-order valence-electron chi connectivity index (χ2n) is 5.43. The number of piperazine rings is 1. The molecule has 0 amide bonds. The summed E-state index contributed by atoms with van der Waals surface area (Å²) in [4.78, 5) is 4.82. The highest BCUT2D eigenvalue weighted by Gasteiger charge is 2.31. The molecule has 1 aromatic rings. The molecule has 1 aliphatic carbocycles. The molecule has 0 aromatic heterocycles. The molecule has 100 valence electrons. The third-order valence-electron chi connectivity index (χ3n) is 4.06. The maximum atomic E-state index is 14.0. The molecule has 3 nitrogen and oxygen atoms in total. The first kappa shape index (κ1) is 12.6. The highest BCUT2D eigenvalue weighted by molar-refractivity contribution is 5.34. The van der Waals surface area contributed by atoms with Crippen molar-refractivity contribution in [3.05, 3.63) is 35.1 Å². The van der Waals surface area contributed by atoms with E-state index in [4.69, 9.17) is 5.26 Å². The molecule has 4 heteroatoms. The van der Waals surface area contributed by atoms with E-state index in [1.165, 1.54) is 18.9 Å². The van der Waals surface area contributed by atoms with E-state index in [0.717, 1.165) is 32.2 Å². The van der Waals surface area contributed by atoms with Crippen LogP contribution in [0.5, 0.6) is 0 Å². The Morgan fingerprint density at radius 1 is 1.21 bits per heavy atom. The number of halogens is 1. The Hall–Kier alpha value is -1.44. The van der Waals surface area contributed by atoms with Crippen LogP contribution in [0.25, 0.3) is 0 Å². The lowest BCUT2D eigenvalue weighted by Crippen LogP contribution is -2.46. The summed E-state index contributed by atoms with van der Waals surface area (Å²) in [5, 5.41) is 8.84. The van der Waals surface area contributed by atoms with E-state index < -0.39 is 0 Å². The van der Waals surface area contributed by atoms with Gasteiger partial charge in [0.15, 0.2) is 0 Å². The maximum absolute atomic E-state index is 14.0. The largest absolute Gasteiger partial charge is 0.298 e.